The van der Waals surface area contributed by atoms with Gasteiger partial charge in [-0.3, -0.25) is 9.69 Å². The van der Waals surface area contributed by atoms with E-state index in [9.17, 15) is 9.59 Å². The summed E-state index contributed by atoms with van der Waals surface area (Å²) in [5.41, 5.74) is 5.44. The first kappa shape index (κ1) is 9.82. The highest BCUT2D eigenvalue weighted by Gasteiger charge is 2.51. The molecule has 0 radical (unpaired) electrons. The van der Waals surface area contributed by atoms with Crippen LogP contribution in [0.25, 0.3) is 0 Å². The summed E-state index contributed by atoms with van der Waals surface area (Å²) in [6, 6.07) is -0.635. The second kappa shape index (κ2) is 3.15. The molecule has 0 saturated carbocycles. The van der Waals surface area contributed by atoms with Crippen molar-refractivity contribution < 1.29 is 14.7 Å². The van der Waals surface area contributed by atoms with Gasteiger partial charge >= 0.3 is 5.97 Å². The first-order valence-corrected chi connectivity index (χ1v) is 5.23. The molecule has 3 atom stereocenters. The molecule has 14 heavy (non-hydrogen) atoms. The third kappa shape index (κ3) is 1.22. The second-order valence-electron chi connectivity index (χ2n) is 2.97. The minimum absolute atomic E-state index is 0.0690. The Morgan fingerprint density at radius 1 is 1.71 bits per heavy atom. The van der Waals surface area contributed by atoms with Crippen molar-refractivity contribution >= 4 is 35.2 Å². The number of hydrogen-bond acceptors (Lipinski definition) is 4. The predicted molar refractivity (Wildman–Crippen MR) is 51.6 cm³/mol. The number of carbonyl (C=O) groups is 2. The summed E-state index contributed by atoms with van der Waals surface area (Å²) < 4.78 is -0.443. The SMILES string of the molecule is NC1C(=O)N2C(C(=O)O)=CC(Cl)S[C@@H]12. The number of halogens is 1. The number of β-lactam (4-membered cyclic amide) rings is 1. The van der Waals surface area contributed by atoms with Gasteiger partial charge in [-0.05, 0) is 6.08 Å². The highest BCUT2D eigenvalue weighted by atomic mass is 35.5. The van der Waals surface area contributed by atoms with E-state index in [1.54, 1.807) is 0 Å². The van der Waals surface area contributed by atoms with Gasteiger partial charge in [0.1, 0.15) is 21.8 Å². The van der Waals surface area contributed by atoms with Gasteiger partial charge < -0.3 is 10.8 Å². The summed E-state index contributed by atoms with van der Waals surface area (Å²) in [6.07, 6.45) is 1.34. The Morgan fingerprint density at radius 3 is 2.93 bits per heavy atom. The molecular formula is C7H7ClN2O3S. The van der Waals surface area contributed by atoms with Crippen LogP contribution in [0.2, 0.25) is 0 Å². The lowest BCUT2D eigenvalue weighted by Crippen LogP contribution is -2.68. The number of carboxylic acid groups (broad SMARTS) is 1. The number of fused-ring (bicyclic) bond motifs is 1. The average Bonchev–Trinajstić information content (AvgIpc) is 2.15. The zero-order valence-electron chi connectivity index (χ0n) is 6.88. The third-order valence-electron chi connectivity index (χ3n) is 2.12. The third-order valence-corrected chi connectivity index (χ3v) is 3.73. The first-order chi connectivity index (χ1) is 6.52. The van der Waals surface area contributed by atoms with Crippen molar-refractivity contribution in [2.45, 2.75) is 16.1 Å². The number of thioether (sulfide) groups is 1. The van der Waals surface area contributed by atoms with Crippen molar-refractivity contribution in [1.82, 2.24) is 4.90 Å². The number of amides is 1. The van der Waals surface area contributed by atoms with Crippen LogP contribution >= 0.6 is 23.4 Å². The van der Waals surface area contributed by atoms with Crippen LogP contribution in [0.1, 0.15) is 0 Å². The maximum absolute atomic E-state index is 11.3. The van der Waals surface area contributed by atoms with E-state index in [0.29, 0.717) is 0 Å². The molecule has 0 aliphatic carbocycles. The summed E-state index contributed by atoms with van der Waals surface area (Å²) >= 11 is 7.07. The van der Waals surface area contributed by atoms with Gasteiger partial charge in [-0.2, -0.15) is 0 Å². The molecule has 2 aliphatic rings. The minimum Gasteiger partial charge on any atom is -0.477 e. The van der Waals surface area contributed by atoms with Crippen molar-refractivity contribution in [2.75, 3.05) is 0 Å². The molecule has 2 unspecified atom stereocenters. The number of nitrogens with two attached hydrogens (primary N) is 1. The zero-order chi connectivity index (χ0) is 10.5. The van der Waals surface area contributed by atoms with Crippen LogP contribution in [0, 0.1) is 0 Å². The summed E-state index contributed by atoms with van der Waals surface area (Å²) in [5.74, 6) is -1.51. The Hall–Kier alpha value is -0.720. The van der Waals surface area contributed by atoms with Crippen LogP contribution in [0.4, 0.5) is 0 Å². The standard InChI is InChI=1S/C7H7ClN2O3S/c8-3-1-2(7(12)13)10-5(11)4(9)6(10)14-3/h1,3-4,6H,9H2,(H,12,13)/t3?,4?,6-/m0/s1. The highest BCUT2D eigenvalue weighted by Crippen LogP contribution is 2.41. The number of aliphatic carboxylic acids is 1. The van der Waals surface area contributed by atoms with E-state index in [0.717, 1.165) is 0 Å². The number of carbonyl (C=O) groups excluding carboxylic acids is 1. The van der Waals surface area contributed by atoms with Crippen molar-refractivity contribution in [1.29, 1.82) is 0 Å². The largest absolute Gasteiger partial charge is 0.477 e. The van der Waals surface area contributed by atoms with E-state index in [-0.39, 0.29) is 17.0 Å². The molecule has 0 aromatic carbocycles. The highest BCUT2D eigenvalue weighted by molar-refractivity contribution is 8.02. The lowest BCUT2D eigenvalue weighted by molar-refractivity contribution is -0.147. The first-order valence-electron chi connectivity index (χ1n) is 3.85. The fourth-order valence-electron chi connectivity index (χ4n) is 1.44. The molecule has 0 aromatic rings. The number of nitrogens with zero attached hydrogens (tertiary/aromatic N) is 1. The van der Waals surface area contributed by atoms with E-state index in [1.165, 1.54) is 22.7 Å². The van der Waals surface area contributed by atoms with Gasteiger partial charge in [-0.25, -0.2) is 4.79 Å². The molecule has 7 heteroatoms. The Kier molecular flexibility index (Phi) is 2.21. The van der Waals surface area contributed by atoms with Crippen LogP contribution in [0.5, 0.6) is 0 Å². The Labute approximate surface area is 88.9 Å². The molecule has 1 amide bonds. The summed E-state index contributed by atoms with van der Waals surface area (Å²) in [7, 11) is 0. The van der Waals surface area contributed by atoms with Gasteiger partial charge in [-0.1, -0.05) is 0 Å². The van der Waals surface area contributed by atoms with E-state index in [4.69, 9.17) is 22.4 Å². The monoisotopic (exact) mass is 234 g/mol. The molecule has 76 valence electrons. The number of hydrogen-bond donors (Lipinski definition) is 2. The van der Waals surface area contributed by atoms with E-state index in [2.05, 4.69) is 0 Å². The molecule has 2 aliphatic heterocycles. The Bertz CT molecular complexity index is 346. The second-order valence-corrected chi connectivity index (χ2v) is 4.96. The van der Waals surface area contributed by atoms with Gasteiger partial charge in [0.15, 0.2) is 0 Å². The molecule has 0 spiro atoms. The Morgan fingerprint density at radius 2 is 2.36 bits per heavy atom. The topological polar surface area (TPSA) is 83.6 Å². The van der Waals surface area contributed by atoms with Crippen molar-refractivity contribution in [2.24, 2.45) is 5.73 Å². The molecule has 2 rings (SSSR count). The van der Waals surface area contributed by atoms with Gasteiger partial charge in [-0.15, -0.1) is 23.4 Å². The van der Waals surface area contributed by atoms with Gasteiger partial charge in [0.05, 0.1) is 0 Å². The number of alkyl halides is 1. The fraction of sp³-hybridized carbons (Fsp3) is 0.429. The number of rotatable bonds is 1. The van der Waals surface area contributed by atoms with E-state index in [1.807, 2.05) is 0 Å². The lowest BCUT2D eigenvalue weighted by Gasteiger charge is -2.47. The minimum atomic E-state index is -1.15. The summed E-state index contributed by atoms with van der Waals surface area (Å²) in [6.45, 7) is 0. The molecule has 1 saturated heterocycles. The lowest BCUT2D eigenvalue weighted by atomic mass is 10.1. The van der Waals surface area contributed by atoms with Crippen molar-refractivity contribution in [3.05, 3.63) is 11.8 Å². The van der Waals surface area contributed by atoms with Crippen LogP contribution < -0.4 is 5.73 Å². The van der Waals surface area contributed by atoms with Gasteiger partial charge in [0.25, 0.3) is 0 Å². The van der Waals surface area contributed by atoms with Crippen LogP contribution in [0.3, 0.4) is 0 Å². The molecular weight excluding hydrogens is 228 g/mol. The molecule has 3 N–H and O–H groups in total. The van der Waals surface area contributed by atoms with E-state index < -0.39 is 16.7 Å². The zero-order valence-corrected chi connectivity index (χ0v) is 8.46. The summed E-state index contributed by atoms with van der Waals surface area (Å²) in [5, 5.41) is 8.48. The van der Waals surface area contributed by atoms with Crippen molar-refractivity contribution in [3.63, 3.8) is 0 Å². The molecule has 2 heterocycles. The maximum atomic E-state index is 11.3. The summed E-state index contributed by atoms with van der Waals surface area (Å²) in [4.78, 5) is 23.2. The fourth-order valence-corrected chi connectivity index (χ4v) is 2.97. The molecule has 0 bridgehead atoms. The van der Waals surface area contributed by atoms with Crippen molar-refractivity contribution in [3.8, 4) is 0 Å². The maximum Gasteiger partial charge on any atom is 0.352 e. The molecule has 0 aromatic heterocycles. The van der Waals surface area contributed by atoms with Gasteiger partial charge in [0.2, 0.25) is 5.91 Å². The van der Waals surface area contributed by atoms with E-state index >= 15 is 0 Å². The Balaban J connectivity index is 2.32. The normalized spacial score (nSPS) is 35.9. The average molecular weight is 235 g/mol. The van der Waals surface area contributed by atoms with Crippen LogP contribution in [-0.2, 0) is 9.59 Å². The number of carboxylic acids is 1. The van der Waals surface area contributed by atoms with Gasteiger partial charge in [0, 0.05) is 0 Å². The molecule has 1 fully saturated rings. The molecule has 5 nitrogen and oxygen atoms in total. The smallest absolute Gasteiger partial charge is 0.352 e. The van der Waals surface area contributed by atoms with Crippen LogP contribution in [0.15, 0.2) is 11.8 Å². The van der Waals surface area contributed by atoms with Crippen LogP contribution in [-0.4, -0.2) is 38.0 Å². The predicted octanol–water partition coefficient (Wildman–Crippen LogP) is -0.238. The quantitative estimate of drug-likeness (QED) is 0.483.